The van der Waals surface area contributed by atoms with Crippen LogP contribution in [0.3, 0.4) is 0 Å². The van der Waals surface area contributed by atoms with E-state index < -0.39 is 4.92 Å². The Balaban J connectivity index is 2.20. The van der Waals surface area contributed by atoms with Crippen molar-refractivity contribution in [3.8, 4) is 6.07 Å². The number of nitro groups is 1. The fourth-order valence-electron chi connectivity index (χ4n) is 1.79. The minimum Gasteiger partial charge on any atom is -0.381 e. The molecule has 0 atom stereocenters. The molecule has 0 saturated heterocycles. The van der Waals surface area contributed by atoms with Crippen LogP contribution in [0.5, 0.6) is 0 Å². The van der Waals surface area contributed by atoms with Crippen LogP contribution in [-0.2, 0) is 6.54 Å². The summed E-state index contributed by atoms with van der Waals surface area (Å²) in [7, 11) is 0. The van der Waals surface area contributed by atoms with Gasteiger partial charge in [-0.25, -0.2) is 0 Å². The summed E-state index contributed by atoms with van der Waals surface area (Å²) in [6.45, 7) is 0.276. The van der Waals surface area contributed by atoms with E-state index in [1.165, 1.54) is 6.07 Å². The third kappa shape index (κ3) is 3.72. The zero-order valence-corrected chi connectivity index (χ0v) is 13.0. The van der Waals surface area contributed by atoms with Crippen LogP contribution in [0.15, 0.2) is 40.9 Å². The molecule has 0 saturated carbocycles. The summed E-state index contributed by atoms with van der Waals surface area (Å²) in [6, 6.07) is 11.7. The summed E-state index contributed by atoms with van der Waals surface area (Å²) < 4.78 is 0.766. The summed E-state index contributed by atoms with van der Waals surface area (Å²) in [5.74, 6) is 0. The summed E-state index contributed by atoms with van der Waals surface area (Å²) >= 11 is 9.23. The number of nitrogens with one attached hydrogen (secondary N) is 1. The topological polar surface area (TPSA) is 79.0 Å². The SMILES string of the molecule is N#Cc1ccc(NCc2cc(Br)ccc2[N+](=O)[O-])cc1Cl. The second-order valence-corrected chi connectivity index (χ2v) is 5.51. The highest BCUT2D eigenvalue weighted by Gasteiger charge is 2.13. The molecule has 0 unspecified atom stereocenters. The van der Waals surface area contributed by atoms with Crippen molar-refractivity contribution in [3.63, 3.8) is 0 Å². The van der Waals surface area contributed by atoms with E-state index in [2.05, 4.69) is 21.2 Å². The average Bonchev–Trinajstić information content (AvgIpc) is 2.45. The number of anilines is 1. The number of hydrogen-bond donors (Lipinski definition) is 1. The largest absolute Gasteiger partial charge is 0.381 e. The van der Waals surface area contributed by atoms with E-state index in [9.17, 15) is 10.1 Å². The van der Waals surface area contributed by atoms with E-state index in [-0.39, 0.29) is 12.2 Å². The summed E-state index contributed by atoms with van der Waals surface area (Å²) in [6.07, 6.45) is 0. The van der Waals surface area contributed by atoms with E-state index >= 15 is 0 Å². The number of hydrogen-bond acceptors (Lipinski definition) is 4. The number of nitro benzene ring substituents is 1. The van der Waals surface area contributed by atoms with Crippen molar-refractivity contribution in [2.45, 2.75) is 6.54 Å². The molecular formula is C14H9BrClN3O2. The van der Waals surface area contributed by atoms with E-state index in [1.807, 2.05) is 6.07 Å². The molecular weight excluding hydrogens is 358 g/mol. The molecule has 0 bridgehead atoms. The maximum Gasteiger partial charge on any atom is 0.274 e. The van der Waals surface area contributed by atoms with Gasteiger partial charge in [-0.1, -0.05) is 27.5 Å². The molecule has 2 aromatic rings. The van der Waals surface area contributed by atoms with E-state index in [1.54, 1.807) is 30.3 Å². The Hall–Kier alpha value is -2.10. The van der Waals surface area contributed by atoms with Crippen LogP contribution in [0.1, 0.15) is 11.1 Å². The Bertz CT molecular complexity index is 743. The van der Waals surface area contributed by atoms with Crippen molar-refractivity contribution in [2.24, 2.45) is 0 Å². The first-order chi connectivity index (χ1) is 10.0. The Morgan fingerprint density at radius 1 is 1.33 bits per heavy atom. The smallest absolute Gasteiger partial charge is 0.274 e. The standard InChI is InChI=1S/C14H9BrClN3O2/c15-11-2-4-14(19(20)21)10(5-11)8-18-12-3-1-9(7-17)13(16)6-12/h1-6,18H,8H2. The molecule has 0 aliphatic rings. The van der Waals surface area contributed by atoms with Gasteiger partial charge in [-0.2, -0.15) is 5.26 Å². The van der Waals surface area contributed by atoms with Crippen molar-refractivity contribution < 1.29 is 4.92 Å². The Morgan fingerprint density at radius 3 is 2.71 bits per heavy atom. The lowest BCUT2D eigenvalue weighted by molar-refractivity contribution is -0.385. The second-order valence-electron chi connectivity index (χ2n) is 4.19. The second kappa shape index (κ2) is 6.57. The molecule has 0 radical (unpaired) electrons. The van der Waals surface area contributed by atoms with Gasteiger partial charge in [0.05, 0.1) is 15.5 Å². The molecule has 0 aromatic heterocycles. The molecule has 106 valence electrons. The van der Waals surface area contributed by atoms with Crippen molar-refractivity contribution in [2.75, 3.05) is 5.32 Å². The highest BCUT2D eigenvalue weighted by Crippen LogP contribution is 2.25. The van der Waals surface area contributed by atoms with Crippen LogP contribution >= 0.6 is 27.5 Å². The van der Waals surface area contributed by atoms with Gasteiger partial charge in [0.25, 0.3) is 5.69 Å². The van der Waals surface area contributed by atoms with E-state index in [0.717, 1.165) is 4.47 Å². The van der Waals surface area contributed by atoms with Gasteiger partial charge in [0.15, 0.2) is 0 Å². The van der Waals surface area contributed by atoms with Crippen molar-refractivity contribution >= 4 is 38.9 Å². The maximum absolute atomic E-state index is 11.0. The van der Waals surface area contributed by atoms with Crippen LogP contribution < -0.4 is 5.32 Å². The molecule has 7 heteroatoms. The molecule has 21 heavy (non-hydrogen) atoms. The number of nitriles is 1. The van der Waals surface area contributed by atoms with Gasteiger partial charge in [-0.15, -0.1) is 0 Å². The first-order valence-corrected chi connectivity index (χ1v) is 7.04. The lowest BCUT2D eigenvalue weighted by Gasteiger charge is -2.08. The lowest BCUT2D eigenvalue weighted by atomic mass is 10.1. The van der Waals surface area contributed by atoms with Crippen molar-refractivity contribution in [1.82, 2.24) is 0 Å². The third-order valence-corrected chi connectivity index (χ3v) is 3.62. The molecule has 0 fully saturated rings. The molecule has 0 spiro atoms. The number of nitrogens with zero attached hydrogens (tertiary/aromatic N) is 2. The van der Waals surface area contributed by atoms with Crippen LogP contribution in [0.2, 0.25) is 5.02 Å². The predicted molar refractivity (Wildman–Crippen MR) is 84.3 cm³/mol. The van der Waals surface area contributed by atoms with Gasteiger partial charge in [-0.3, -0.25) is 10.1 Å². The zero-order chi connectivity index (χ0) is 15.4. The molecule has 0 aliphatic heterocycles. The summed E-state index contributed by atoms with van der Waals surface area (Å²) in [5, 5.41) is 23.2. The minimum absolute atomic E-state index is 0.0467. The Labute approximate surface area is 134 Å². The summed E-state index contributed by atoms with van der Waals surface area (Å²) in [5.41, 5.74) is 1.67. The molecule has 0 aliphatic carbocycles. The average molecular weight is 367 g/mol. The Morgan fingerprint density at radius 2 is 2.10 bits per heavy atom. The van der Waals surface area contributed by atoms with Gasteiger partial charge in [0.1, 0.15) is 6.07 Å². The van der Waals surface area contributed by atoms with Gasteiger partial charge in [0.2, 0.25) is 0 Å². The van der Waals surface area contributed by atoms with Crippen molar-refractivity contribution in [3.05, 3.63) is 67.1 Å². The molecule has 2 rings (SSSR count). The van der Waals surface area contributed by atoms with Crippen LogP contribution in [0.4, 0.5) is 11.4 Å². The molecule has 2 aromatic carbocycles. The Kier molecular flexibility index (Phi) is 4.78. The first kappa shape index (κ1) is 15.3. The predicted octanol–water partition coefficient (Wildman–Crippen LogP) is 4.49. The van der Waals surface area contributed by atoms with Gasteiger partial charge in [0, 0.05) is 28.3 Å². The van der Waals surface area contributed by atoms with Crippen LogP contribution in [0.25, 0.3) is 0 Å². The quantitative estimate of drug-likeness (QED) is 0.638. The van der Waals surface area contributed by atoms with Gasteiger partial charge >= 0.3 is 0 Å². The fraction of sp³-hybridized carbons (Fsp3) is 0.0714. The molecule has 1 N–H and O–H groups in total. The summed E-state index contributed by atoms with van der Waals surface area (Å²) in [4.78, 5) is 10.6. The highest BCUT2D eigenvalue weighted by atomic mass is 79.9. The molecule has 0 heterocycles. The first-order valence-electron chi connectivity index (χ1n) is 5.87. The monoisotopic (exact) mass is 365 g/mol. The van der Waals surface area contributed by atoms with E-state index in [0.29, 0.717) is 21.8 Å². The molecule has 5 nitrogen and oxygen atoms in total. The van der Waals surface area contributed by atoms with Crippen molar-refractivity contribution in [1.29, 1.82) is 5.26 Å². The third-order valence-electron chi connectivity index (χ3n) is 2.81. The van der Waals surface area contributed by atoms with E-state index in [4.69, 9.17) is 16.9 Å². The number of rotatable bonds is 4. The van der Waals surface area contributed by atoms with Gasteiger partial charge < -0.3 is 5.32 Å². The normalized spacial score (nSPS) is 9.95. The van der Waals surface area contributed by atoms with Gasteiger partial charge in [-0.05, 0) is 30.3 Å². The van der Waals surface area contributed by atoms with Crippen LogP contribution in [-0.4, -0.2) is 4.92 Å². The minimum atomic E-state index is -0.421. The van der Waals surface area contributed by atoms with Crippen LogP contribution in [0, 0.1) is 21.4 Å². The number of halogens is 2. The highest BCUT2D eigenvalue weighted by molar-refractivity contribution is 9.10. The lowest BCUT2D eigenvalue weighted by Crippen LogP contribution is -2.03. The number of benzene rings is 2. The maximum atomic E-state index is 11.0. The fourth-order valence-corrected chi connectivity index (χ4v) is 2.42. The molecule has 0 amide bonds. The zero-order valence-electron chi connectivity index (χ0n) is 10.6.